The third-order valence-electron chi connectivity index (χ3n) is 3.73. The first-order valence-electron chi connectivity index (χ1n) is 8.25. The van der Waals surface area contributed by atoms with Gasteiger partial charge in [0.1, 0.15) is 5.75 Å². The molecule has 1 amide bonds. The number of carbonyl (C=O) groups excluding carboxylic acids is 2. The van der Waals surface area contributed by atoms with E-state index in [1.165, 1.54) is 6.92 Å². The van der Waals surface area contributed by atoms with Crippen LogP contribution in [0.15, 0.2) is 42.5 Å². The fourth-order valence-corrected chi connectivity index (χ4v) is 2.55. The minimum Gasteiger partial charge on any atom is -0.482 e. The van der Waals surface area contributed by atoms with Gasteiger partial charge in [-0.3, -0.25) is 4.79 Å². The Balaban J connectivity index is 1.42. The highest BCUT2D eigenvalue weighted by atomic mass is 35.5. The molecule has 1 aliphatic rings. The average molecular weight is 392 g/mol. The molecule has 0 unspecified atom stereocenters. The van der Waals surface area contributed by atoms with Gasteiger partial charge in [-0.25, -0.2) is 4.79 Å². The Morgan fingerprint density at radius 1 is 1.19 bits per heavy atom. The maximum atomic E-state index is 12.1. The Morgan fingerprint density at radius 3 is 2.81 bits per heavy atom. The predicted molar refractivity (Wildman–Crippen MR) is 96.9 cm³/mol. The molecule has 0 radical (unpaired) electrons. The van der Waals surface area contributed by atoms with Crippen LogP contribution < -0.4 is 19.5 Å². The van der Waals surface area contributed by atoms with Crippen molar-refractivity contribution in [2.24, 2.45) is 0 Å². The average Bonchev–Trinajstić information content (AvgIpc) is 3.12. The van der Waals surface area contributed by atoms with E-state index >= 15 is 0 Å². The van der Waals surface area contributed by atoms with E-state index in [0.717, 1.165) is 5.56 Å². The van der Waals surface area contributed by atoms with Gasteiger partial charge in [0.05, 0.1) is 0 Å². The first kappa shape index (κ1) is 18.8. The first-order chi connectivity index (χ1) is 13.0. The van der Waals surface area contributed by atoms with Gasteiger partial charge in [-0.2, -0.15) is 0 Å². The molecule has 142 valence electrons. The SMILES string of the molecule is C[C@@H](OC(=O)COc1cccc(Cl)c1)C(=O)NCc1ccc2c(c1)OCO2. The number of ether oxygens (including phenoxy) is 4. The van der Waals surface area contributed by atoms with Crippen molar-refractivity contribution in [3.63, 3.8) is 0 Å². The summed E-state index contributed by atoms with van der Waals surface area (Å²) in [6.45, 7) is 1.64. The van der Waals surface area contributed by atoms with E-state index in [-0.39, 0.29) is 19.9 Å². The van der Waals surface area contributed by atoms with Gasteiger partial charge in [-0.05, 0) is 42.8 Å². The molecule has 0 saturated heterocycles. The summed E-state index contributed by atoms with van der Waals surface area (Å²) in [6, 6.07) is 12.0. The summed E-state index contributed by atoms with van der Waals surface area (Å²) in [5.41, 5.74) is 0.843. The zero-order valence-electron chi connectivity index (χ0n) is 14.6. The standard InChI is InChI=1S/C19H18ClNO6/c1-12(27-18(22)10-24-15-4-2-3-14(20)8-15)19(23)21-9-13-5-6-16-17(7-13)26-11-25-16/h2-8,12H,9-11H2,1H3,(H,21,23)/t12-/m1/s1. The molecule has 27 heavy (non-hydrogen) atoms. The number of rotatable bonds is 7. The summed E-state index contributed by atoms with van der Waals surface area (Å²) < 4.78 is 20.9. The Morgan fingerprint density at radius 2 is 2.00 bits per heavy atom. The first-order valence-corrected chi connectivity index (χ1v) is 8.63. The van der Waals surface area contributed by atoms with Crippen LogP contribution in [0.4, 0.5) is 0 Å². The van der Waals surface area contributed by atoms with Gasteiger partial charge < -0.3 is 24.3 Å². The van der Waals surface area contributed by atoms with Crippen LogP contribution in [0, 0.1) is 0 Å². The molecular weight excluding hydrogens is 374 g/mol. The van der Waals surface area contributed by atoms with Gasteiger partial charge in [0.25, 0.3) is 5.91 Å². The minimum atomic E-state index is -0.950. The number of halogens is 1. The second-order valence-electron chi connectivity index (χ2n) is 5.78. The van der Waals surface area contributed by atoms with Crippen LogP contribution in [0.1, 0.15) is 12.5 Å². The molecule has 1 heterocycles. The van der Waals surface area contributed by atoms with Crippen LogP contribution in [0.25, 0.3) is 0 Å². The van der Waals surface area contributed by atoms with Crippen molar-refractivity contribution in [3.05, 3.63) is 53.1 Å². The highest BCUT2D eigenvalue weighted by molar-refractivity contribution is 6.30. The molecule has 0 fully saturated rings. The third kappa shape index (κ3) is 5.27. The maximum absolute atomic E-state index is 12.1. The number of fused-ring (bicyclic) bond motifs is 1. The number of esters is 1. The lowest BCUT2D eigenvalue weighted by atomic mass is 10.2. The highest BCUT2D eigenvalue weighted by Crippen LogP contribution is 2.32. The molecule has 1 atom stereocenters. The van der Waals surface area contributed by atoms with Crippen molar-refractivity contribution < 1.29 is 28.5 Å². The van der Waals surface area contributed by atoms with Gasteiger partial charge >= 0.3 is 5.97 Å². The summed E-state index contributed by atoms with van der Waals surface area (Å²) in [6.07, 6.45) is -0.950. The molecule has 8 heteroatoms. The normalized spacial score (nSPS) is 13.0. The largest absolute Gasteiger partial charge is 0.482 e. The van der Waals surface area contributed by atoms with Crippen molar-refractivity contribution in [1.82, 2.24) is 5.32 Å². The summed E-state index contributed by atoms with van der Waals surface area (Å²) in [7, 11) is 0. The summed E-state index contributed by atoms with van der Waals surface area (Å²) in [5, 5.41) is 3.20. The lowest BCUT2D eigenvalue weighted by Crippen LogP contribution is -2.36. The third-order valence-corrected chi connectivity index (χ3v) is 3.97. The topological polar surface area (TPSA) is 83.1 Å². The number of amides is 1. The van der Waals surface area contributed by atoms with Crippen LogP contribution in [-0.2, 0) is 20.9 Å². The minimum absolute atomic E-state index is 0.190. The molecule has 0 aliphatic carbocycles. The van der Waals surface area contributed by atoms with Crippen molar-refractivity contribution in [3.8, 4) is 17.2 Å². The molecule has 0 bridgehead atoms. The molecule has 1 aliphatic heterocycles. The van der Waals surface area contributed by atoms with E-state index in [1.54, 1.807) is 36.4 Å². The van der Waals surface area contributed by atoms with Crippen LogP contribution in [0.3, 0.4) is 0 Å². The molecule has 0 saturated carbocycles. The van der Waals surface area contributed by atoms with E-state index in [0.29, 0.717) is 22.3 Å². The van der Waals surface area contributed by atoms with Crippen molar-refractivity contribution >= 4 is 23.5 Å². The second-order valence-corrected chi connectivity index (χ2v) is 6.22. The monoisotopic (exact) mass is 391 g/mol. The number of benzene rings is 2. The van der Waals surface area contributed by atoms with Crippen molar-refractivity contribution in [2.75, 3.05) is 13.4 Å². The Bertz CT molecular complexity index is 841. The fourth-order valence-electron chi connectivity index (χ4n) is 2.37. The molecule has 1 N–H and O–H groups in total. The number of hydrogen-bond acceptors (Lipinski definition) is 6. The van der Waals surface area contributed by atoms with E-state index in [1.807, 2.05) is 6.07 Å². The summed E-state index contributed by atoms with van der Waals surface area (Å²) in [5.74, 6) is 0.690. The predicted octanol–water partition coefficient (Wildman–Crippen LogP) is 2.70. The van der Waals surface area contributed by atoms with Crippen molar-refractivity contribution in [2.45, 2.75) is 19.6 Å². The molecule has 2 aromatic rings. The maximum Gasteiger partial charge on any atom is 0.344 e. The smallest absolute Gasteiger partial charge is 0.344 e. The number of nitrogens with one attached hydrogen (secondary N) is 1. The van der Waals surface area contributed by atoms with Crippen molar-refractivity contribution in [1.29, 1.82) is 0 Å². The fraction of sp³-hybridized carbons (Fsp3) is 0.263. The number of hydrogen-bond donors (Lipinski definition) is 1. The molecular formula is C19H18ClNO6. The van der Waals surface area contributed by atoms with Crippen LogP contribution in [-0.4, -0.2) is 31.4 Å². The van der Waals surface area contributed by atoms with Crippen LogP contribution >= 0.6 is 11.6 Å². The van der Waals surface area contributed by atoms with E-state index in [4.69, 9.17) is 30.5 Å². The zero-order chi connectivity index (χ0) is 19.2. The second kappa shape index (κ2) is 8.64. The van der Waals surface area contributed by atoms with E-state index in [9.17, 15) is 9.59 Å². The van der Waals surface area contributed by atoms with Crippen LogP contribution in [0.5, 0.6) is 17.2 Å². The number of carbonyl (C=O) groups is 2. The van der Waals surface area contributed by atoms with Gasteiger partial charge in [-0.1, -0.05) is 23.7 Å². The van der Waals surface area contributed by atoms with E-state index < -0.39 is 18.0 Å². The van der Waals surface area contributed by atoms with Gasteiger partial charge in [0.2, 0.25) is 6.79 Å². The van der Waals surface area contributed by atoms with Gasteiger partial charge in [0, 0.05) is 11.6 Å². The summed E-state index contributed by atoms with van der Waals surface area (Å²) in [4.78, 5) is 23.9. The zero-order valence-corrected chi connectivity index (χ0v) is 15.3. The van der Waals surface area contributed by atoms with Gasteiger partial charge in [-0.15, -0.1) is 0 Å². The lowest BCUT2D eigenvalue weighted by molar-refractivity contribution is -0.156. The van der Waals surface area contributed by atoms with Crippen LogP contribution in [0.2, 0.25) is 5.02 Å². The van der Waals surface area contributed by atoms with Gasteiger partial charge in [0.15, 0.2) is 24.2 Å². The Labute approximate surface area is 161 Å². The Hall–Kier alpha value is -2.93. The lowest BCUT2D eigenvalue weighted by Gasteiger charge is -2.14. The summed E-state index contributed by atoms with van der Waals surface area (Å²) >= 11 is 5.84. The Kier molecular flexibility index (Phi) is 6.03. The highest BCUT2D eigenvalue weighted by Gasteiger charge is 2.19. The quantitative estimate of drug-likeness (QED) is 0.731. The molecule has 0 spiro atoms. The van der Waals surface area contributed by atoms with E-state index in [2.05, 4.69) is 5.32 Å². The molecule has 2 aromatic carbocycles. The molecule has 0 aromatic heterocycles. The molecule has 3 rings (SSSR count). The molecule has 7 nitrogen and oxygen atoms in total.